The number of likely N-dealkylation sites (tertiary alicyclic amines) is 1. The molecule has 1 aromatic rings. The van der Waals surface area contributed by atoms with Gasteiger partial charge in [-0.15, -0.1) is 0 Å². The van der Waals surface area contributed by atoms with E-state index in [1.54, 1.807) is 0 Å². The molecule has 3 atom stereocenters. The number of aliphatic hydroxyl groups excluding tert-OH is 2. The van der Waals surface area contributed by atoms with Crippen LogP contribution in [0.15, 0.2) is 30.3 Å². The van der Waals surface area contributed by atoms with Crippen LogP contribution in [-0.4, -0.2) is 40.4 Å². The predicted molar refractivity (Wildman–Crippen MR) is 67.5 cm³/mol. The lowest BCUT2D eigenvalue weighted by atomic mass is 9.79. The summed E-state index contributed by atoms with van der Waals surface area (Å²) in [5, 5.41) is 18.5. The Labute approximate surface area is 103 Å². The number of benzene rings is 1. The Balaban J connectivity index is 2.02. The average Bonchev–Trinajstić information content (AvgIpc) is 2.37. The second-order valence-electron chi connectivity index (χ2n) is 4.85. The van der Waals surface area contributed by atoms with Crippen molar-refractivity contribution in [3.8, 4) is 0 Å². The summed E-state index contributed by atoms with van der Waals surface area (Å²) in [6.45, 7) is 3.44. The monoisotopic (exact) mass is 235 g/mol. The fourth-order valence-corrected chi connectivity index (χ4v) is 2.87. The van der Waals surface area contributed by atoms with Crippen LogP contribution in [0.3, 0.4) is 0 Å². The predicted octanol–water partition coefficient (Wildman–Crippen LogP) is 1.25. The summed E-state index contributed by atoms with van der Waals surface area (Å²) in [5.74, 6) is 0.468. The van der Waals surface area contributed by atoms with Crippen molar-refractivity contribution in [1.82, 2.24) is 4.90 Å². The highest BCUT2D eigenvalue weighted by Gasteiger charge is 2.44. The number of aliphatic hydroxyl groups is 2. The zero-order chi connectivity index (χ0) is 12.3. The van der Waals surface area contributed by atoms with E-state index in [0.717, 1.165) is 13.0 Å². The lowest BCUT2D eigenvalue weighted by Gasteiger charge is -2.53. The second kappa shape index (κ2) is 5.63. The Hall–Kier alpha value is -0.900. The van der Waals surface area contributed by atoms with E-state index in [1.807, 2.05) is 18.2 Å². The Morgan fingerprint density at radius 3 is 2.41 bits per heavy atom. The molecule has 0 aliphatic carbocycles. The van der Waals surface area contributed by atoms with Crippen LogP contribution in [0.1, 0.15) is 18.9 Å². The maximum Gasteiger partial charge on any atom is 0.0590 e. The van der Waals surface area contributed by atoms with Gasteiger partial charge >= 0.3 is 0 Å². The van der Waals surface area contributed by atoms with Crippen molar-refractivity contribution in [2.45, 2.75) is 32.0 Å². The Bertz CT molecular complexity index is 341. The molecule has 0 amide bonds. The highest BCUT2D eigenvalue weighted by Crippen LogP contribution is 2.35. The van der Waals surface area contributed by atoms with Gasteiger partial charge in [0.05, 0.1) is 6.61 Å². The molecule has 2 rings (SSSR count). The average molecular weight is 235 g/mol. The third kappa shape index (κ3) is 2.51. The third-order valence-corrected chi connectivity index (χ3v) is 3.89. The Kier molecular flexibility index (Phi) is 4.15. The van der Waals surface area contributed by atoms with Crippen molar-refractivity contribution < 1.29 is 10.2 Å². The lowest BCUT2D eigenvalue weighted by molar-refractivity contribution is -0.0866. The molecule has 17 heavy (non-hydrogen) atoms. The molecule has 1 aromatic carbocycles. The summed E-state index contributed by atoms with van der Waals surface area (Å²) in [5.41, 5.74) is 1.26. The van der Waals surface area contributed by atoms with Gasteiger partial charge < -0.3 is 10.2 Å². The SMILES string of the molecule is CC1C(CO)N(Cc2ccccc2)C1CCO. The molecule has 1 fully saturated rings. The maximum atomic E-state index is 9.39. The number of rotatable bonds is 5. The molecule has 1 heterocycles. The van der Waals surface area contributed by atoms with E-state index < -0.39 is 0 Å². The van der Waals surface area contributed by atoms with Crippen LogP contribution in [0.2, 0.25) is 0 Å². The largest absolute Gasteiger partial charge is 0.396 e. The van der Waals surface area contributed by atoms with Gasteiger partial charge in [-0.25, -0.2) is 0 Å². The molecule has 0 saturated carbocycles. The Morgan fingerprint density at radius 2 is 1.82 bits per heavy atom. The molecule has 2 N–H and O–H groups in total. The molecule has 1 saturated heterocycles. The minimum Gasteiger partial charge on any atom is -0.396 e. The molecule has 1 aliphatic rings. The minimum atomic E-state index is 0.204. The van der Waals surface area contributed by atoms with E-state index in [0.29, 0.717) is 12.0 Å². The number of nitrogens with zero attached hydrogens (tertiary/aromatic N) is 1. The van der Waals surface area contributed by atoms with Crippen molar-refractivity contribution in [2.24, 2.45) is 5.92 Å². The summed E-state index contributed by atoms with van der Waals surface area (Å²) in [4.78, 5) is 2.30. The summed E-state index contributed by atoms with van der Waals surface area (Å²) in [6.07, 6.45) is 0.796. The lowest BCUT2D eigenvalue weighted by Crippen LogP contribution is -2.63. The van der Waals surface area contributed by atoms with Crippen molar-refractivity contribution in [2.75, 3.05) is 13.2 Å². The summed E-state index contributed by atoms with van der Waals surface area (Å²) >= 11 is 0. The third-order valence-electron chi connectivity index (χ3n) is 3.89. The van der Waals surface area contributed by atoms with Gasteiger partial charge in [0.2, 0.25) is 0 Å². The van der Waals surface area contributed by atoms with Crippen LogP contribution >= 0.6 is 0 Å². The number of hydrogen-bond acceptors (Lipinski definition) is 3. The van der Waals surface area contributed by atoms with Crippen molar-refractivity contribution in [3.63, 3.8) is 0 Å². The molecular formula is C14H21NO2. The zero-order valence-electron chi connectivity index (χ0n) is 10.3. The van der Waals surface area contributed by atoms with Crippen molar-refractivity contribution in [1.29, 1.82) is 0 Å². The summed E-state index contributed by atoms with van der Waals surface area (Å²) < 4.78 is 0. The van der Waals surface area contributed by atoms with Crippen LogP contribution in [0, 0.1) is 5.92 Å². The molecule has 0 spiro atoms. The normalized spacial score (nSPS) is 29.0. The van der Waals surface area contributed by atoms with Crippen LogP contribution in [-0.2, 0) is 6.54 Å². The van der Waals surface area contributed by atoms with Gasteiger partial charge in [0, 0.05) is 25.2 Å². The first-order valence-corrected chi connectivity index (χ1v) is 6.29. The van der Waals surface area contributed by atoms with Gasteiger partial charge in [-0.05, 0) is 17.9 Å². The molecule has 0 bridgehead atoms. The standard InChI is InChI=1S/C14H21NO2/c1-11-13(7-8-16)15(14(11)10-17)9-12-5-3-2-4-6-12/h2-6,11,13-14,16-17H,7-10H2,1H3. The van der Waals surface area contributed by atoms with E-state index in [9.17, 15) is 5.11 Å². The van der Waals surface area contributed by atoms with Crippen LogP contribution < -0.4 is 0 Å². The quantitative estimate of drug-likeness (QED) is 0.807. The highest BCUT2D eigenvalue weighted by atomic mass is 16.3. The van der Waals surface area contributed by atoms with Gasteiger partial charge in [0.1, 0.15) is 0 Å². The molecule has 3 nitrogen and oxygen atoms in total. The van der Waals surface area contributed by atoms with E-state index in [-0.39, 0.29) is 19.3 Å². The molecule has 3 heteroatoms. The minimum absolute atomic E-state index is 0.204. The first-order valence-electron chi connectivity index (χ1n) is 6.29. The maximum absolute atomic E-state index is 9.39. The summed E-state index contributed by atoms with van der Waals surface area (Å²) in [6, 6.07) is 10.9. The van der Waals surface area contributed by atoms with E-state index in [4.69, 9.17) is 5.11 Å². The smallest absolute Gasteiger partial charge is 0.0590 e. The van der Waals surface area contributed by atoms with Gasteiger partial charge in [-0.2, -0.15) is 0 Å². The van der Waals surface area contributed by atoms with Gasteiger partial charge in [-0.3, -0.25) is 4.90 Å². The zero-order valence-corrected chi connectivity index (χ0v) is 10.3. The number of hydrogen-bond donors (Lipinski definition) is 2. The van der Waals surface area contributed by atoms with Gasteiger partial charge in [0.25, 0.3) is 0 Å². The van der Waals surface area contributed by atoms with E-state index >= 15 is 0 Å². The first-order chi connectivity index (χ1) is 8.27. The molecular weight excluding hydrogens is 214 g/mol. The molecule has 3 unspecified atom stereocenters. The van der Waals surface area contributed by atoms with Crippen LogP contribution in [0.5, 0.6) is 0 Å². The van der Waals surface area contributed by atoms with E-state index in [1.165, 1.54) is 5.56 Å². The molecule has 0 radical (unpaired) electrons. The Morgan fingerprint density at radius 1 is 1.12 bits per heavy atom. The summed E-state index contributed by atoms with van der Waals surface area (Å²) in [7, 11) is 0. The highest BCUT2D eigenvalue weighted by molar-refractivity contribution is 5.16. The molecule has 1 aliphatic heterocycles. The van der Waals surface area contributed by atoms with Crippen LogP contribution in [0.25, 0.3) is 0 Å². The first kappa shape index (κ1) is 12.6. The van der Waals surface area contributed by atoms with E-state index in [2.05, 4.69) is 24.0 Å². The second-order valence-corrected chi connectivity index (χ2v) is 4.85. The molecule has 94 valence electrons. The fourth-order valence-electron chi connectivity index (χ4n) is 2.87. The van der Waals surface area contributed by atoms with Gasteiger partial charge in [0.15, 0.2) is 0 Å². The van der Waals surface area contributed by atoms with Crippen molar-refractivity contribution in [3.05, 3.63) is 35.9 Å². The van der Waals surface area contributed by atoms with Gasteiger partial charge in [-0.1, -0.05) is 37.3 Å². The van der Waals surface area contributed by atoms with Crippen LogP contribution in [0.4, 0.5) is 0 Å². The topological polar surface area (TPSA) is 43.7 Å². The fraction of sp³-hybridized carbons (Fsp3) is 0.571. The van der Waals surface area contributed by atoms with Crippen molar-refractivity contribution >= 4 is 0 Å². The molecule has 0 aromatic heterocycles.